The van der Waals surface area contributed by atoms with Crippen LogP contribution < -0.4 is 10.5 Å². The zero-order chi connectivity index (χ0) is 15.2. The lowest BCUT2D eigenvalue weighted by Crippen LogP contribution is -2.56. The Kier molecular flexibility index (Phi) is 5.71. The first kappa shape index (κ1) is 16.7. The maximum absolute atomic E-state index is 12.2. The number of hydrogen-bond acceptors (Lipinski definition) is 3. The van der Waals surface area contributed by atoms with E-state index in [9.17, 15) is 8.42 Å². The molecule has 0 aromatic heterocycles. The number of nitrogens with one attached hydrogen (secondary N) is 2. The Morgan fingerprint density at radius 1 is 1.25 bits per heavy atom. The van der Waals surface area contributed by atoms with Crippen LogP contribution >= 0.6 is 0 Å². The molecule has 0 spiro atoms. The van der Waals surface area contributed by atoms with Gasteiger partial charge in [-0.2, -0.15) is 0 Å². The van der Waals surface area contributed by atoms with Gasteiger partial charge in [0.1, 0.15) is 5.84 Å². The second-order valence-electron chi connectivity index (χ2n) is 4.86. The average molecular weight is 297 g/mol. The summed E-state index contributed by atoms with van der Waals surface area (Å²) in [6.45, 7) is 3.65. The summed E-state index contributed by atoms with van der Waals surface area (Å²) < 4.78 is 27.0. The summed E-state index contributed by atoms with van der Waals surface area (Å²) in [6.07, 6.45) is 1.37. The largest absolute Gasteiger partial charge is 0.386 e. The first-order valence-electron chi connectivity index (χ1n) is 6.75. The average Bonchev–Trinajstić information content (AvgIpc) is 2.44. The second kappa shape index (κ2) is 6.85. The summed E-state index contributed by atoms with van der Waals surface area (Å²) in [4.78, 5) is 0. The third-order valence-electron chi connectivity index (χ3n) is 3.58. The highest BCUT2D eigenvalue weighted by atomic mass is 32.2. The Bertz CT molecular complexity index is 537. The molecule has 1 aromatic carbocycles. The molecule has 0 fully saturated rings. The lowest BCUT2D eigenvalue weighted by molar-refractivity contribution is 0.458. The quantitative estimate of drug-likeness (QED) is 0.503. The van der Waals surface area contributed by atoms with Crippen LogP contribution in [0.4, 0.5) is 0 Å². The molecule has 0 heterocycles. The van der Waals surface area contributed by atoms with Crippen LogP contribution in [0.25, 0.3) is 0 Å². The summed E-state index contributed by atoms with van der Waals surface area (Å²) in [6, 6.07) is 9.45. The monoisotopic (exact) mass is 297 g/mol. The number of nitrogens with two attached hydrogens (primary N) is 1. The van der Waals surface area contributed by atoms with E-state index in [4.69, 9.17) is 11.1 Å². The van der Waals surface area contributed by atoms with Crippen molar-refractivity contribution in [1.29, 1.82) is 5.41 Å². The van der Waals surface area contributed by atoms with Gasteiger partial charge in [-0.3, -0.25) is 5.41 Å². The van der Waals surface area contributed by atoms with Crippen LogP contribution in [0.3, 0.4) is 0 Å². The van der Waals surface area contributed by atoms with Gasteiger partial charge in [-0.15, -0.1) is 0 Å². The first-order valence-corrected chi connectivity index (χ1v) is 8.40. The van der Waals surface area contributed by atoms with E-state index in [1.165, 1.54) is 0 Å². The van der Waals surface area contributed by atoms with Gasteiger partial charge >= 0.3 is 0 Å². The molecular weight excluding hydrogens is 274 g/mol. The Labute approximate surface area is 121 Å². The topological polar surface area (TPSA) is 96.0 Å². The van der Waals surface area contributed by atoms with Crippen LogP contribution in [0.2, 0.25) is 0 Å². The highest BCUT2D eigenvalue weighted by Gasteiger charge is 2.34. The summed E-state index contributed by atoms with van der Waals surface area (Å²) in [7, 11) is -3.48. The van der Waals surface area contributed by atoms with Crippen LogP contribution in [-0.2, 0) is 16.4 Å². The lowest BCUT2D eigenvalue weighted by Gasteiger charge is -2.31. The van der Waals surface area contributed by atoms with Crippen LogP contribution in [0.15, 0.2) is 30.3 Å². The normalized spacial score (nSPS) is 12.3. The van der Waals surface area contributed by atoms with Crippen LogP contribution in [0.1, 0.15) is 32.3 Å². The van der Waals surface area contributed by atoms with E-state index in [1.807, 2.05) is 44.2 Å². The van der Waals surface area contributed by atoms with Gasteiger partial charge < -0.3 is 5.73 Å². The summed E-state index contributed by atoms with van der Waals surface area (Å²) in [5, 5.41) is 7.63. The van der Waals surface area contributed by atoms with Crippen LogP contribution in [0, 0.1) is 5.41 Å². The molecule has 0 aliphatic rings. The van der Waals surface area contributed by atoms with Crippen molar-refractivity contribution in [2.24, 2.45) is 5.73 Å². The molecule has 6 heteroatoms. The highest BCUT2D eigenvalue weighted by Crippen LogP contribution is 2.16. The molecule has 20 heavy (non-hydrogen) atoms. The predicted molar refractivity (Wildman–Crippen MR) is 82.3 cm³/mol. The van der Waals surface area contributed by atoms with E-state index in [1.54, 1.807) is 0 Å². The van der Waals surface area contributed by atoms with Crippen molar-refractivity contribution >= 4 is 15.9 Å². The van der Waals surface area contributed by atoms with Gasteiger partial charge in [0, 0.05) is 0 Å². The van der Waals surface area contributed by atoms with E-state index in [2.05, 4.69) is 4.72 Å². The molecule has 0 bridgehead atoms. The van der Waals surface area contributed by atoms with Gasteiger partial charge in [0.05, 0.1) is 11.3 Å². The minimum atomic E-state index is -3.48. The van der Waals surface area contributed by atoms with Crippen molar-refractivity contribution in [2.45, 2.75) is 38.6 Å². The zero-order valence-electron chi connectivity index (χ0n) is 12.0. The minimum absolute atomic E-state index is 0.00789. The SMILES string of the molecule is CCC(CC)(NS(=O)(=O)CCc1ccccc1)C(=N)N. The maximum atomic E-state index is 12.2. The molecule has 0 aliphatic heterocycles. The molecule has 4 N–H and O–H groups in total. The van der Waals surface area contributed by atoms with Crippen molar-refractivity contribution in [2.75, 3.05) is 5.75 Å². The number of amidine groups is 1. The van der Waals surface area contributed by atoms with Gasteiger partial charge in [-0.1, -0.05) is 44.2 Å². The molecule has 0 saturated heterocycles. The van der Waals surface area contributed by atoms with Crippen molar-refractivity contribution in [3.63, 3.8) is 0 Å². The number of sulfonamides is 1. The lowest BCUT2D eigenvalue weighted by atomic mass is 9.93. The highest BCUT2D eigenvalue weighted by molar-refractivity contribution is 7.89. The zero-order valence-corrected chi connectivity index (χ0v) is 12.8. The molecule has 0 amide bonds. The van der Waals surface area contributed by atoms with Gasteiger partial charge in [-0.05, 0) is 24.8 Å². The number of hydrogen-bond donors (Lipinski definition) is 3. The fraction of sp³-hybridized carbons (Fsp3) is 0.500. The van der Waals surface area contributed by atoms with Gasteiger partial charge in [0.25, 0.3) is 0 Å². The molecule has 0 unspecified atom stereocenters. The Hall–Kier alpha value is -1.40. The maximum Gasteiger partial charge on any atom is 0.212 e. The van der Waals surface area contributed by atoms with E-state index in [0.29, 0.717) is 19.3 Å². The smallest absolute Gasteiger partial charge is 0.212 e. The van der Waals surface area contributed by atoms with Crippen molar-refractivity contribution in [3.05, 3.63) is 35.9 Å². The molecule has 0 radical (unpaired) electrons. The molecule has 112 valence electrons. The molecule has 0 atom stereocenters. The summed E-state index contributed by atoms with van der Waals surface area (Å²) in [5.74, 6) is -0.141. The van der Waals surface area contributed by atoms with Crippen molar-refractivity contribution in [3.8, 4) is 0 Å². The third kappa shape index (κ3) is 4.31. The van der Waals surface area contributed by atoms with Crippen molar-refractivity contribution < 1.29 is 8.42 Å². The van der Waals surface area contributed by atoms with E-state index < -0.39 is 15.6 Å². The van der Waals surface area contributed by atoms with Gasteiger partial charge in [0.2, 0.25) is 10.0 Å². The Balaban J connectivity index is 2.76. The predicted octanol–water partition coefficient (Wildman–Crippen LogP) is 1.64. The van der Waals surface area contributed by atoms with Crippen LogP contribution in [0.5, 0.6) is 0 Å². The molecular formula is C14H23N3O2S. The van der Waals surface area contributed by atoms with E-state index in [-0.39, 0.29) is 11.6 Å². The molecule has 1 rings (SSSR count). The fourth-order valence-corrected chi connectivity index (χ4v) is 3.68. The number of aryl methyl sites for hydroxylation is 1. The van der Waals surface area contributed by atoms with E-state index in [0.717, 1.165) is 5.56 Å². The number of benzene rings is 1. The molecule has 1 aromatic rings. The minimum Gasteiger partial charge on any atom is -0.386 e. The fourth-order valence-electron chi connectivity index (χ4n) is 2.08. The molecule has 0 saturated carbocycles. The summed E-state index contributed by atoms with van der Waals surface area (Å²) >= 11 is 0. The second-order valence-corrected chi connectivity index (χ2v) is 6.70. The van der Waals surface area contributed by atoms with Crippen LogP contribution in [-0.4, -0.2) is 25.5 Å². The Morgan fingerprint density at radius 2 is 1.80 bits per heavy atom. The van der Waals surface area contributed by atoms with Gasteiger partial charge in [-0.25, -0.2) is 13.1 Å². The number of rotatable bonds is 8. The first-order chi connectivity index (χ1) is 9.35. The molecule has 5 nitrogen and oxygen atoms in total. The van der Waals surface area contributed by atoms with Crippen molar-refractivity contribution in [1.82, 2.24) is 4.72 Å². The van der Waals surface area contributed by atoms with E-state index >= 15 is 0 Å². The summed E-state index contributed by atoms with van der Waals surface area (Å²) in [5.41, 5.74) is 5.57. The molecule has 0 aliphatic carbocycles. The standard InChI is InChI=1S/C14H23N3O2S/c1-3-14(4-2,13(15)16)17-20(18,19)11-10-12-8-6-5-7-9-12/h5-9,17H,3-4,10-11H2,1-2H3,(H3,15,16). The third-order valence-corrected chi connectivity index (χ3v) is 5.02. The Morgan fingerprint density at radius 3 is 2.25 bits per heavy atom. The van der Waals surface area contributed by atoms with Gasteiger partial charge in [0.15, 0.2) is 0 Å².